The van der Waals surface area contributed by atoms with Crippen molar-refractivity contribution in [2.75, 3.05) is 0 Å². The van der Waals surface area contributed by atoms with Gasteiger partial charge in [-0.3, -0.25) is 0 Å². The Kier molecular flexibility index (Phi) is 6.81. The number of hydrogen-bond acceptors (Lipinski definition) is 0. The Balaban J connectivity index is 0.000000187. The summed E-state index contributed by atoms with van der Waals surface area (Å²) in [6.07, 6.45) is 1.31. The molecule has 0 amide bonds. The highest BCUT2D eigenvalue weighted by Crippen LogP contribution is 1.93. The van der Waals surface area contributed by atoms with E-state index in [0.717, 1.165) is 5.92 Å². The van der Waals surface area contributed by atoms with Gasteiger partial charge in [-0.2, -0.15) is 0 Å². The van der Waals surface area contributed by atoms with Crippen LogP contribution >= 0.6 is 0 Å². The van der Waals surface area contributed by atoms with Gasteiger partial charge in [0.2, 0.25) is 0 Å². The molecule has 1 rings (SSSR count). The summed E-state index contributed by atoms with van der Waals surface area (Å²) in [4.78, 5) is 0. The fourth-order valence-electron chi connectivity index (χ4n) is 0.385. The number of hydrogen-bond donors (Lipinski definition) is 0. The maximum absolute atomic E-state index is 2.22. The summed E-state index contributed by atoms with van der Waals surface area (Å²) in [5.74, 6) is 0.884. The summed E-state index contributed by atoms with van der Waals surface area (Å²) in [6.45, 7) is 6.64. The highest BCUT2D eigenvalue weighted by atomic mass is 13.9. The third kappa shape index (κ3) is 9.22. The first-order valence-electron chi connectivity index (χ1n) is 4.27. The Morgan fingerprint density at radius 2 is 1.00 bits per heavy atom. The van der Waals surface area contributed by atoms with Crippen LogP contribution in [0, 0.1) is 5.92 Å². The van der Waals surface area contributed by atoms with Crippen LogP contribution in [0.15, 0.2) is 36.4 Å². The van der Waals surface area contributed by atoms with Gasteiger partial charge in [-0.25, -0.2) is 0 Å². The molecule has 1 aromatic rings. The van der Waals surface area contributed by atoms with Gasteiger partial charge in [0.25, 0.3) is 0 Å². The second-order valence-corrected chi connectivity index (χ2v) is 2.96. The second-order valence-electron chi connectivity index (χ2n) is 2.96. The van der Waals surface area contributed by atoms with Crippen LogP contribution in [0.25, 0.3) is 0 Å². The van der Waals surface area contributed by atoms with E-state index in [1.165, 1.54) is 6.42 Å². The van der Waals surface area contributed by atoms with Crippen LogP contribution in [0.2, 0.25) is 0 Å². The minimum Gasteiger partial charge on any atom is -0.0651 e. The van der Waals surface area contributed by atoms with Crippen LogP contribution in [0.4, 0.5) is 0 Å². The first kappa shape index (κ1) is 10.2. The molecule has 0 unspecified atom stereocenters. The maximum Gasteiger partial charge on any atom is -0.0474 e. The van der Waals surface area contributed by atoms with Crippen LogP contribution < -0.4 is 0 Å². The molecule has 0 radical (unpaired) electrons. The Morgan fingerprint density at radius 1 is 0.818 bits per heavy atom. The lowest BCUT2D eigenvalue weighted by Gasteiger charge is -1.90. The van der Waals surface area contributed by atoms with E-state index in [4.69, 9.17) is 0 Å². The van der Waals surface area contributed by atoms with Gasteiger partial charge in [0.05, 0.1) is 0 Å². The lowest BCUT2D eigenvalue weighted by molar-refractivity contribution is 0.626. The van der Waals surface area contributed by atoms with E-state index in [9.17, 15) is 0 Å². The minimum absolute atomic E-state index is 0.884. The van der Waals surface area contributed by atoms with Crippen LogP contribution in [-0.2, 0) is 0 Å². The Labute approximate surface area is 70.3 Å². The van der Waals surface area contributed by atoms with Crippen molar-refractivity contribution in [3.8, 4) is 0 Å². The maximum atomic E-state index is 2.22. The van der Waals surface area contributed by atoms with Crippen molar-refractivity contribution in [1.29, 1.82) is 0 Å². The van der Waals surface area contributed by atoms with E-state index < -0.39 is 0 Å². The van der Waals surface area contributed by atoms with Crippen LogP contribution in [0.3, 0.4) is 0 Å². The topological polar surface area (TPSA) is 0 Å². The van der Waals surface area contributed by atoms with Crippen molar-refractivity contribution in [2.45, 2.75) is 27.2 Å². The number of rotatable bonds is 1. The van der Waals surface area contributed by atoms with Gasteiger partial charge in [-0.15, -0.1) is 0 Å². The molecule has 0 heteroatoms. The monoisotopic (exact) mass is 150 g/mol. The van der Waals surface area contributed by atoms with E-state index in [-0.39, 0.29) is 0 Å². The molecular formula is C11H18. The first-order chi connectivity index (χ1) is 5.27. The number of benzene rings is 1. The molecule has 0 saturated heterocycles. The normalized spacial score (nSPS) is 8.73. The van der Waals surface area contributed by atoms with E-state index in [1.807, 2.05) is 36.4 Å². The third-order valence-electron chi connectivity index (χ3n) is 1.48. The summed E-state index contributed by atoms with van der Waals surface area (Å²) in [6, 6.07) is 12.0. The Bertz CT molecular complexity index is 115. The van der Waals surface area contributed by atoms with Crippen LogP contribution in [-0.4, -0.2) is 0 Å². The summed E-state index contributed by atoms with van der Waals surface area (Å²) in [5, 5.41) is 0. The molecule has 0 aliphatic carbocycles. The summed E-state index contributed by atoms with van der Waals surface area (Å²) < 4.78 is 0. The van der Waals surface area contributed by atoms with E-state index >= 15 is 0 Å². The first-order valence-corrected chi connectivity index (χ1v) is 4.27. The van der Waals surface area contributed by atoms with E-state index in [0.29, 0.717) is 0 Å². The average Bonchev–Trinajstić information content (AvgIpc) is 2.09. The van der Waals surface area contributed by atoms with Crippen molar-refractivity contribution in [3.63, 3.8) is 0 Å². The van der Waals surface area contributed by atoms with Gasteiger partial charge in [0, 0.05) is 0 Å². The van der Waals surface area contributed by atoms with Gasteiger partial charge in [0.15, 0.2) is 0 Å². The highest BCUT2D eigenvalue weighted by molar-refractivity contribution is 4.99. The van der Waals surface area contributed by atoms with E-state index in [1.54, 1.807) is 0 Å². The zero-order valence-electron chi connectivity index (χ0n) is 7.75. The van der Waals surface area contributed by atoms with Crippen LogP contribution in [0.1, 0.15) is 27.2 Å². The third-order valence-corrected chi connectivity index (χ3v) is 1.48. The fraction of sp³-hybridized carbons (Fsp3) is 0.455. The van der Waals surface area contributed by atoms with Crippen LogP contribution in [0.5, 0.6) is 0 Å². The summed E-state index contributed by atoms with van der Waals surface area (Å²) in [5.41, 5.74) is 0. The van der Waals surface area contributed by atoms with Crippen molar-refractivity contribution in [2.24, 2.45) is 5.92 Å². The highest BCUT2D eigenvalue weighted by Gasteiger charge is 1.80. The molecule has 0 aliphatic rings. The predicted molar refractivity (Wildman–Crippen MR) is 51.6 cm³/mol. The smallest absolute Gasteiger partial charge is 0.0474 e. The van der Waals surface area contributed by atoms with Crippen molar-refractivity contribution in [3.05, 3.63) is 36.4 Å². The minimum atomic E-state index is 0.884. The Morgan fingerprint density at radius 3 is 1.09 bits per heavy atom. The Hall–Kier alpha value is -0.780. The van der Waals surface area contributed by atoms with Gasteiger partial charge < -0.3 is 0 Å². The molecule has 1 aromatic carbocycles. The molecule has 0 bridgehead atoms. The molecule has 11 heavy (non-hydrogen) atoms. The molecule has 0 fully saturated rings. The van der Waals surface area contributed by atoms with Gasteiger partial charge in [0.1, 0.15) is 0 Å². The quantitative estimate of drug-likeness (QED) is 0.572. The van der Waals surface area contributed by atoms with Gasteiger partial charge in [-0.05, 0) is 5.92 Å². The summed E-state index contributed by atoms with van der Waals surface area (Å²) in [7, 11) is 0. The zero-order chi connectivity index (χ0) is 8.53. The largest absolute Gasteiger partial charge is 0.0651 e. The molecule has 0 atom stereocenters. The van der Waals surface area contributed by atoms with Gasteiger partial charge >= 0.3 is 0 Å². The molecule has 62 valence electrons. The van der Waals surface area contributed by atoms with Crippen molar-refractivity contribution < 1.29 is 0 Å². The fourth-order valence-corrected chi connectivity index (χ4v) is 0.385. The molecule has 0 spiro atoms. The molecule has 0 aliphatic heterocycles. The van der Waals surface area contributed by atoms with Crippen molar-refractivity contribution in [1.82, 2.24) is 0 Å². The van der Waals surface area contributed by atoms with E-state index in [2.05, 4.69) is 20.8 Å². The zero-order valence-corrected chi connectivity index (χ0v) is 7.75. The molecule has 0 heterocycles. The predicted octanol–water partition coefficient (Wildman–Crippen LogP) is 3.74. The average molecular weight is 150 g/mol. The molecule has 0 saturated carbocycles. The van der Waals surface area contributed by atoms with Gasteiger partial charge in [-0.1, -0.05) is 63.6 Å². The standard InChI is InChI=1S/C6H6.C5H12/c1-2-4-6-5-3-1;1-4-5(2)3/h1-6H;5H,4H2,1-3H3. The lowest BCUT2D eigenvalue weighted by atomic mass is 10.2. The molecule has 0 aromatic heterocycles. The molecular weight excluding hydrogens is 132 g/mol. The molecule has 0 N–H and O–H groups in total. The second kappa shape index (κ2) is 7.33. The SMILES string of the molecule is CCC(C)C.c1ccccc1. The lowest BCUT2D eigenvalue weighted by Crippen LogP contribution is -1.77. The molecule has 0 nitrogen and oxygen atoms in total. The summed E-state index contributed by atoms with van der Waals surface area (Å²) >= 11 is 0. The van der Waals surface area contributed by atoms with Crippen molar-refractivity contribution >= 4 is 0 Å².